The third kappa shape index (κ3) is 21.0. The van der Waals surface area contributed by atoms with Gasteiger partial charge >= 0.3 is 34.4 Å². The van der Waals surface area contributed by atoms with Crippen molar-refractivity contribution in [2.24, 2.45) is 13.5 Å². The SMILES string of the molecule is CP1(OCC(F)(F)CCOC(F)(F)F)=NP(OCCF)(OCCF)=NP(OCC(F)(F)CCOC(F)(F)F)(OCC(F)(F)CCOC(F)(F)F)=N1. The Bertz CT molecular complexity index is 1200. The lowest BCUT2D eigenvalue weighted by molar-refractivity contribution is -0.328. The van der Waals surface area contributed by atoms with Gasteiger partial charge in [0.25, 0.3) is 17.8 Å². The Morgan fingerprint density at radius 3 is 1.04 bits per heavy atom. The molecule has 31 heteroatoms. The van der Waals surface area contributed by atoms with Crippen LogP contribution in [0.1, 0.15) is 19.3 Å². The van der Waals surface area contributed by atoms with Crippen molar-refractivity contribution in [1.82, 2.24) is 0 Å². The number of hydrogen-bond donors (Lipinski definition) is 0. The van der Waals surface area contributed by atoms with Gasteiger partial charge in [-0.05, 0) is 0 Å². The summed E-state index contributed by atoms with van der Waals surface area (Å²) in [6.45, 7) is -15.8. The molecule has 0 bridgehead atoms. The molecule has 1 unspecified atom stereocenters. The molecule has 0 fully saturated rings. The van der Waals surface area contributed by atoms with Crippen molar-refractivity contribution in [3.05, 3.63) is 0 Å². The Hall–Kier alpha value is -0.820. The topological polar surface area (TPSA) is 111 Å². The zero-order valence-corrected chi connectivity index (χ0v) is 28.3. The van der Waals surface area contributed by atoms with Gasteiger partial charge in [0.05, 0.1) is 33.0 Å². The minimum Gasteiger partial charge on any atom is -0.321 e. The highest BCUT2D eigenvalue weighted by molar-refractivity contribution is 7.79. The molecule has 1 heterocycles. The molecule has 0 N–H and O–H groups in total. The van der Waals surface area contributed by atoms with Crippen LogP contribution in [0.3, 0.4) is 0 Å². The normalized spacial score (nSPS) is 20.1. The van der Waals surface area contributed by atoms with Crippen LogP contribution in [0.2, 0.25) is 0 Å². The fourth-order valence-corrected chi connectivity index (χ4v) is 12.9. The average Bonchev–Trinajstić information content (AvgIpc) is 2.94. The second kappa shape index (κ2) is 19.2. The molecular weight excluding hydrogens is 826 g/mol. The van der Waals surface area contributed by atoms with E-state index in [1.807, 2.05) is 0 Å². The minimum atomic E-state index is -5.43. The monoisotopic (exact) mass is 855 g/mol. The van der Waals surface area contributed by atoms with Gasteiger partial charge in [-0.15, -0.1) is 44.0 Å². The average molecular weight is 855 g/mol. The molecule has 0 saturated carbocycles. The largest absolute Gasteiger partial charge is 0.522 e. The predicted octanol–water partition coefficient (Wildman–Crippen LogP) is 10.3. The van der Waals surface area contributed by atoms with E-state index in [0.29, 0.717) is 6.66 Å². The number of rotatable bonds is 24. The second-order valence-electron chi connectivity index (χ2n) is 9.65. The zero-order valence-electron chi connectivity index (χ0n) is 25.6. The Labute approximate surface area is 277 Å². The molecule has 0 aromatic rings. The summed E-state index contributed by atoms with van der Waals surface area (Å²) < 4.78 is 270. The first-order valence-electron chi connectivity index (χ1n) is 13.5. The van der Waals surface area contributed by atoms with E-state index in [-0.39, 0.29) is 0 Å². The van der Waals surface area contributed by atoms with Gasteiger partial charge in [0.15, 0.2) is 0 Å². The maximum Gasteiger partial charge on any atom is 0.522 e. The van der Waals surface area contributed by atoms with Gasteiger partial charge in [0.1, 0.15) is 33.2 Å². The molecule has 0 spiro atoms. The summed E-state index contributed by atoms with van der Waals surface area (Å²) >= 11 is 0. The molecule has 1 aliphatic rings. The summed E-state index contributed by atoms with van der Waals surface area (Å²) in [6, 6.07) is 0. The zero-order chi connectivity index (χ0) is 39.5. The van der Waals surface area contributed by atoms with Crippen molar-refractivity contribution in [3.63, 3.8) is 0 Å². The molecule has 306 valence electrons. The van der Waals surface area contributed by atoms with E-state index in [2.05, 4.69) is 27.8 Å². The lowest BCUT2D eigenvalue weighted by Crippen LogP contribution is -2.29. The van der Waals surface area contributed by atoms with Crippen LogP contribution in [0.4, 0.5) is 74.6 Å². The lowest BCUT2D eigenvalue weighted by atomic mass is 10.3. The summed E-state index contributed by atoms with van der Waals surface area (Å²) in [5.41, 5.74) is 0. The molecule has 1 rings (SSSR count). The van der Waals surface area contributed by atoms with Gasteiger partial charge in [0, 0.05) is 25.9 Å². The number of hydrogen-bond acceptors (Lipinski definition) is 11. The van der Waals surface area contributed by atoms with Gasteiger partial charge < -0.3 is 13.6 Å². The van der Waals surface area contributed by atoms with E-state index in [1.54, 1.807) is 0 Å². The smallest absolute Gasteiger partial charge is 0.321 e. The van der Waals surface area contributed by atoms with E-state index in [0.717, 1.165) is 0 Å². The van der Waals surface area contributed by atoms with Gasteiger partial charge in [-0.3, -0.25) is 23.3 Å². The van der Waals surface area contributed by atoms with Crippen LogP contribution < -0.4 is 0 Å². The molecule has 0 aromatic carbocycles. The molecule has 0 aromatic heterocycles. The quantitative estimate of drug-likeness (QED) is 0.0697. The number of ether oxygens (including phenoxy) is 3. The highest BCUT2D eigenvalue weighted by Crippen LogP contribution is 2.79. The molecule has 1 aliphatic heterocycles. The summed E-state index contributed by atoms with van der Waals surface area (Å²) in [5.74, 6) is -13.0. The standard InChI is InChI=1S/C20H29F17N3O8P3/c1-49(46-12-15(23,24)2-7-41-18(29,30)31)38-50(44-10-5-21,45-11-6-22)40-51(39-49,47-13-16(25,26)3-8-42-19(32,33)34)48-14-17(27,28)4-9-43-20(35,36)37/h2-14H2,1H3. The first-order valence-corrected chi connectivity index (χ1v) is 18.6. The lowest BCUT2D eigenvalue weighted by Gasteiger charge is -2.34. The van der Waals surface area contributed by atoms with Crippen LogP contribution in [0, 0.1) is 0 Å². The van der Waals surface area contributed by atoms with E-state index in [9.17, 15) is 74.6 Å². The first-order chi connectivity index (χ1) is 23.0. The maximum atomic E-state index is 14.6. The molecule has 0 amide bonds. The van der Waals surface area contributed by atoms with Crippen LogP contribution >= 0.6 is 22.8 Å². The summed E-state index contributed by atoms with van der Waals surface area (Å²) in [6.07, 6.45) is -21.4. The number of alkyl halides is 17. The molecule has 11 nitrogen and oxygen atoms in total. The minimum absolute atomic E-state index is 0.641. The summed E-state index contributed by atoms with van der Waals surface area (Å²) in [4.78, 5) is 0. The maximum absolute atomic E-state index is 14.6. The third-order valence-corrected chi connectivity index (χ3v) is 13.9. The van der Waals surface area contributed by atoms with Crippen molar-refractivity contribution in [2.45, 2.75) is 56.1 Å². The Morgan fingerprint density at radius 2 is 0.725 bits per heavy atom. The Balaban J connectivity index is 3.72. The summed E-state index contributed by atoms with van der Waals surface area (Å²) in [5, 5.41) is 0. The second-order valence-corrected chi connectivity index (χ2v) is 16.7. The molecule has 1 atom stereocenters. The van der Waals surface area contributed by atoms with E-state index in [1.165, 1.54) is 0 Å². The van der Waals surface area contributed by atoms with E-state index < -0.39 is 145 Å². The Morgan fingerprint density at radius 1 is 0.412 bits per heavy atom. The van der Waals surface area contributed by atoms with Crippen molar-refractivity contribution < 1.29 is 111 Å². The van der Waals surface area contributed by atoms with Crippen molar-refractivity contribution in [1.29, 1.82) is 0 Å². The number of halogens is 17. The molecule has 51 heavy (non-hydrogen) atoms. The van der Waals surface area contributed by atoms with Crippen LogP contribution in [-0.4, -0.2) is 110 Å². The van der Waals surface area contributed by atoms with Crippen LogP contribution in [0.25, 0.3) is 0 Å². The van der Waals surface area contributed by atoms with Gasteiger partial charge in [0.2, 0.25) is 7.43 Å². The Kier molecular flexibility index (Phi) is 18.1. The van der Waals surface area contributed by atoms with E-state index in [4.69, 9.17) is 22.6 Å². The van der Waals surface area contributed by atoms with Crippen molar-refractivity contribution in [2.75, 3.05) is 72.9 Å². The number of nitrogens with zero attached hydrogens (tertiary/aromatic N) is 3. The van der Waals surface area contributed by atoms with Crippen molar-refractivity contribution in [3.8, 4) is 0 Å². The van der Waals surface area contributed by atoms with Crippen molar-refractivity contribution >= 4 is 22.8 Å². The van der Waals surface area contributed by atoms with Crippen LogP contribution in [-0.2, 0) is 36.8 Å². The molecule has 0 aliphatic carbocycles. The molecule has 0 radical (unpaired) electrons. The predicted molar refractivity (Wildman–Crippen MR) is 140 cm³/mol. The third-order valence-electron chi connectivity index (χ3n) is 5.07. The van der Waals surface area contributed by atoms with Crippen LogP contribution in [0.15, 0.2) is 13.5 Å². The van der Waals surface area contributed by atoms with Gasteiger partial charge in [-0.1, -0.05) is 0 Å². The molecular formula is C20H29F17N3O8P3. The highest BCUT2D eigenvalue weighted by atomic mass is 31.3. The van der Waals surface area contributed by atoms with E-state index >= 15 is 0 Å². The fraction of sp³-hybridized carbons (Fsp3) is 1.00. The first kappa shape index (κ1) is 48.2. The fourth-order valence-electron chi connectivity index (χ4n) is 2.99. The van der Waals surface area contributed by atoms with Gasteiger partial charge in [-0.2, -0.15) is 9.03 Å². The van der Waals surface area contributed by atoms with Crippen LogP contribution in [0.5, 0.6) is 0 Å². The highest BCUT2D eigenvalue weighted by Gasteiger charge is 2.46. The molecule has 0 saturated heterocycles. The summed E-state index contributed by atoms with van der Waals surface area (Å²) in [7, 11) is -15.0. The van der Waals surface area contributed by atoms with Gasteiger partial charge in [-0.25, -0.2) is 35.1 Å².